The summed E-state index contributed by atoms with van der Waals surface area (Å²) < 4.78 is 33.6. The number of nitrogens with one attached hydrogen (secondary N) is 2. The van der Waals surface area contributed by atoms with Crippen molar-refractivity contribution in [1.29, 1.82) is 0 Å². The van der Waals surface area contributed by atoms with Crippen molar-refractivity contribution >= 4 is 42.6 Å². The van der Waals surface area contributed by atoms with E-state index >= 15 is 0 Å². The molecule has 2 N–H and O–H groups in total. The first-order valence-corrected chi connectivity index (χ1v) is 11.0. The summed E-state index contributed by atoms with van der Waals surface area (Å²) in [6.07, 6.45) is 1.70. The minimum atomic E-state index is -3.63. The molecule has 146 valence electrons. The number of amides is 1. The summed E-state index contributed by atoms with van der Waals surface area (Å²) in [5.41, 5.74) is 1.74. The zero-order chi connectivity index (χ0) is 19.9. The largest absolute Gasteiger partial charge is 0.497 e. The molecule has 0 aliphatic heterocycles. The molecule has 0 atom stereocenters. The zero-order valence-electron chi connectivity index (χ0n) is 15.4. The monoisotopic (exact) mass is 417 g/mol. The van der Waals surface area contributed by atoms with Crippen LogP contribution in [0.25, 0.3) is 10.2 Å². The average molecular weight is 418 g/mol. The summed E-state index contributed by atoms with van der Waals surface area (Å²) >= 11 is 1.33. The molecule has 3 aromatic rings. The molecule has 7 nitrogen and oxygen atoms in total. The highest BCUT2D eigenvalue weighted by atomic mass is 32.2. The van der Waals surface area contributed by atoms with Crippen LogP contribution in [0.1, 0.15) is 28.8 Å². The van der Waals surface area contributed by atoms with Crippen LogP contribution in [0.5, 0.6) is 5.75 Å². The molecule has 1 heterocycles. The van der Waals surface area contributed by atoms with Gasteiger partial charge in [-0.25, -0.2) is 18.1 Å². The summed E-state index contributed by atoms with van der Waals surface area (Å²) in [6.45, 7) is 1.77. The maximum Gasteiger partial charge on any atom is 0.257 e. The van der Waals surface area contributed by atoms with Crippen LogP contribution in [-0.2, 0) is 10.0 Å². The molecule has 0 bridgehead atoms. The van der Waals surface area contributed by atoms with Crippen LogP contribution >= 0.6 is 11.3 Å². The Labute approximate surface area is 166 Å². The van der Waals surface area contributed by atoms with Gasteiger partial charge in [0.25, 0.3) is 5.91 Å². The summed E-state index contributed by atoms with van der Waals surface area (Å²) in [5.74, 6) is 0.318. The SMILES string of the molecule is COc1ccc2nc(NC(=O)c3cc(S(=O)(=O)NC4CC4)ccc3C)sc2c1. The number of hydrogen-bond acceptors (Lipinski definition) is 6. The number of aromatic nitrogens is 1. The minimum Gasteiger partial charge on any atom is -0.497 e. The van der Waals surface area contributed by atoms with Crippen molar-refractivity contribution in [3.63, 3.8) is 0 Å². The number of carbonyl (C=O) groups excluding carboxylic acids is 1. The van der Waals surface area contributed by atoms with Gasteiger partial charge < -0.3 is 4.74 Å². The van der Waals surface area contributed by atoms with Crippen LogP contribution in [0.3, 0.4) is 0 Å². The van der Waals surface area contributed by atoms with Crippen molar-refractivity contribution in [2.75, 3.05) is 12.4 Å². The second-order valence-corrected chi connectivity index (χ2v) is 9.42. The van der Waals surface area contributed by atoms with Gasteiger partial charge in [-0.05, 0) is 55.7 Å². The van der Waals surface area contributed by atoms with Crippen molar-refractivity contribution in [1.82, 2.24) is 9.71 Å². The smallest absolute Gasteiger partial charge is 0.257 e. The van der Waals surface area contributed by atoms with Gasteiger partial charge in [0.15, 0.2) is 5.13 Å². The lowest BCUT2D eigenvalue weighted by molar-refractivity contribution is 0.102. The molecular formula is C19H19N3O4S2. The van der Waals surface area contributed by atoms with Crippen LogP contribution in [0.2, 0.25) is 0 Å². The van der Waals surface area contributed by atoms with Crippen LogP contribution in [0, 0.1) is 6.92 Å². The second kappa shape index (κ2) is 7.16. The molecule has 0 unspecified atom stereocenters. The molecule has 0 radical (unpaired) electrons. The van der Waals surface area contributed by atoms with E-state index in [0.29, 0.717) is 22.0 Å². The van der Waals surface area contributed by atoms with Gasteiger partial charge >= 0.3 is 0 Å². The van der Waals surface area contributed by atoms with Crippen molar-refractivity contribution in [2.45, 2.75) is 30.7 Å². The number of aryl methyl sites for hydroxylation is 1. The standard InChI is InChI=1S/C19H19N3O4S2/c1-11-3-7-14(28(24,25)22-12-4-5-12)10-15(11)18(23)21-19-20-16-8-6-13(26-2)9-17(16)27-19/h3,6-10,12,22H,4-5H2,1-2H3,(H,20,21,23). The molecule has 1 amide bonds. The number of carbonyl (C=O) groups is 1. The molecule has 28 heavy (non-hydrogen) atoms. The Morgan fingerprint density at radius 1 is 1.21 bits per heavy atom. The molecule has 0 saturated heterocycles. The van der Waals surface area contributed by atoms with E-state index in [0.717, 1.165) is 23.1 Å². The third-order valence-electron chi connectivity index (χ3n) is 4.48. The Bertz CT molecular complexity index is 1170. The number of fused-ring (bicyclic) bond motifs is 1. The number of nitrogens with zero attached hydrogens (tertiary/aromatic N) is 1. The number of anilines is 1. The number of benzene rings is 2. The van der Waals surface area contributed by atoms with E-state index in [1.807, 2.05) is 12.1 Å². The van der Waals surface area contributed by atoms with Crippen LogP contribution < -0.4 is 14.8 Å². The number of rotatable bonds is 6. The number of thiazole rings is 1. The quantitative estimate of drug-likeness (QED) is 0.641. The van der Waals surface area contributed by atoms with E-state index in [4.69, 9.17) is 4.74 Å². The summed E-state index contributed by atoms with van der Waals surface area (Å²) in [4.78, 5) is 17.3. The molecule has 1 saturated carbocycles. The number of hydrogen-bond donors (Lipinski definition) is 2. The van der Waals surface area contributed by atoms with Gasteiger partial charge in [-0.1, -0.05) is 17.4 Å². The Morgan fingerprint density at radius 3 is 2.71 bits per heavy atom. The minimum absolute atomic E-state index is 0.00307. The first-order chi connectivity index (χ1) is 13.4. The molecule has 4 rings (SSSR count). The molecular weight excluding hydrogens is 398 g/mol. The highest BCUT2D eigenvalue weighted by Gasteiger charge is 2.28. The van der Waals surface area contributed by atoms with E-state index < -0.39 is 15.9 Å². The number of sulfonamides is 1. The molecule has 1 aliphatic carbocycles. The topological polar surface area (TPSA) is 97.4 Å². The van der Waals surface area contributed by atoms with Crippen LogP contribution in [0.4, 0.5) is 5.13 Å². The highest BCUT2D eigenvalue weighted by Crippen LogP contribution is 2.30. The fourth-order valence-corrected chi connectivity index (χ4v) is 4.97. The Morgan fingerprint density at radius 2 is 2.00 bits per heavy atom. The Kier molecular flexibility index (Phi) is 4.82. The normalized spacial score (nSPS) is 14.2. The van der Waals surface area contributed by atoms with E-state index in [9.17, 15) is 13.2 Å². The van der Waals surface area contributed by atoms with Crippen molar-refractivity contribution in [3.05, 3.63) is 47.5 Å². The van der Waals surface area contributed by atoms with Crippen molar-refractivity contribution in [3.8, 4) is 5.75 Å². The average Bonchev–Trinajstić information content (AvgIpc) is 3.37. The fraction of sp³-hybridized carbons (Fsp3) is 0.263. The Hall–Kier alpha value is -2.49. The van der Waals surface area contributed by atoms with Gasteiger partial charge in [0.05, 0.1) is 22.2 Å². The lowest BCUT2D eigenvalue weighted by atomic mass is 10.1. The zero-order valence-corrected chi connectivity index (χ0v) is 17.0. The van der Waals surface area contributed by atoms with Crippen LogP contribution in [0.15, 0.2) is 41.3 Å². The molecule has 1 fully saturated rings. The van der Waals surface area contributed by atoms with Crippen LogP contribution in [-0.4, -0.2) is 32.5 Å². The maximum absolute atomic E-state index is 12.8. The summed E-state index contributed by atoms with van der Waals surface area (Å²) in [7, 11) is -2.04. The molecule has 1 aliphatic rings. The van der Waals surface area contributed by atoms with Gasteiger partial charge in [0.1, 0.15) is 5.75 Å². The second-order valence-electron chi connectivity index (χ2n) is 6.68. The van der Waals surface area contributed by atoms with E-state index in [2.05, 4.69) is 15.0 Å². The lowest BCUT2D eigenvalue weighted by Crippen LogP contribution is -2.26. The number of methoxy groups -OCH3 is 1. The predicted molar refractivity (Wildman–Crippen MR) is 109 cm³/mol. The van der Waals surface area contributed by atoms with Crippen molar-refractivity contribution < 1.29 is 17.9 Å². The van der Waals surface area contributed by atoms with Gasteiger partial charge in [-0.3, -0.25) is 10.1 Å². The first kappa shape index (κ1) is 18.9. The van der Waals surface area contributed by atoms with E-state index in [1.165, 1.54) is 23.5 Å². The third-order valence-corrected chi connectivity index (χ3v) is 6.93. The third kappa shape index (κ3) is 3.87. The van der Waals surface area contributed by atoms with E-state index in [-0.39, 0.29) is 10.9 Å². The van der Waals surface area contributed by atoms with Gasteiger partial charge in [-0.15, -0.1) is 0 Å². The molecule has 2 aromatic carbocycles. The number of ether oxygens (including phenoxy) is 1. The highest BCUT2D eigenvalue weighted by molar-refractivity contribution is 7.89. The fourth-order valence-electron chi connectivity index (χ4n) is 2.75. The summed E-state index contributed by atoms with van der Waals surface area (Å²) in [5, 5.41) is 3.21. The molecule has 1 aromatic heterocycles. The first-order valence-electron chi connectivity index (χ1n) is 8.74. The molecule has 9 heteroatoms. The van der Waals surface area contributed by atoms with Crippen molar-refractivity contribution in [2.24, 2.45) is 0 Å². The van der Waals surface area contributed by atoms with Gasteiger partial charge in [-0.2, -0.15) is 0 Å². The van der Waals surface area contributed by atoms with E-state index in [1.54, 1.807) is 26.2 Å². The Balaban J connectivity index is 1.60. The predicted octanol–water partition coefficient (Wildman–Crippen LogP) is 3.31. The van der Waals surface area contributed by atoms with Gasteiger partial charge in [0, 0.05) is 11.6 Å². The maximum atomic E-state index is 12.8. The summed E-state index contributed by atoms with van der Waals surface area (Å²) in [6, 6.07) is 10.0. The van der Waals surface area contributed by atoms with Gasteiger partial charge in [0.2, 0.25) is 10.0 Å². The molecule has 0 spiro atoms. The lowest BCUT2D eigenvalue weighted by Gasteiger charge is -2.10.